The molecule has 6 nitrogen and oxygen atoms in total. The van der Waals surface area contributed by atoms with Gasteiger partial charge in [0.25, 0.3) is 5.56 Å². The molecule has 0 spiro atoms. The Morgan fingerprint density at radius 2 is 1.89 bits per heavy atom. The highest BCUT2D eigenvalue weighted by atomic mass is 16.2. The zero-order valence-corrected chi connectivity index (χ0v) is 10.1. The molecule has 0 bridgehead atoms. The Bertz CT molecular complexity index is 673. The number of benzene rings is 1. The van der Waals surface area contributed by atoms with Crippen LogP contribution >= 0.6 is 0 Å². The van der Waals surface area contributed by atoms with E-state index in [1.54, 1.807) is 0 Å². The molecule has 2 aromatic rings. The number of H-pyrrole nitrogens is 2. The Labute approximate surface area is 108 Å². The van der Waals surface area contributed by atoms with Gasteiger partial charge in [0.1, 0.15) is 0 Å². The van der Waals surface area contributed by atoms with E-state index in [0.717, 1.165) is 5.56 Å². The molecular weight excluding hydrogens is 246 g/mol. The first-order valence-electron chi connectivity index (χ1n) is 5.76. The number of aromatic nitrogens is 2. The van der Waals surface area contributed by atoms with Crippen molar-refractivity contribution in [2.24, 2.45) is 0 Å². The molecule has 0 aliphatic carbocycles. The molecule has 0 aliphatic heterocycles. The van der Waals surface area contributed by atoms with Crippen LogP contribution in [-0.4, -0.2) is 15.9 Å². The van der Waals surface area contributed by atoms with Crippen molar-refractivity contribution in [1.82, 2.24) is 15.3 Å². The zero-order valence-electron chi connectivity index (χ0n) is 10.1. The minimum atomic E-state index is -0.585. The monoisotopic (exact) mass is 259 g/mol. The van der Waals surface area contributed by atoms with Gasteiger partial charge in [-0.15, -0.1) is 0 Å². The molecule has 6 heteroatoms. The van der Waals surface area contributed by atoms with Gasteiger partial charge < -0.3 is 10.3 Å². The van der Waals surface area contributed by atoms with E-state index in [1.807, 2.05) is 30.3 Å². The van der Waals surface area contributed by atoms with Crippen LogP contribution in [0, 0.1) is 0 Å². The van der Waals surface area contributed by atoms with E-state index in [-0.39, 0.29) is 17.9 Å². The number of carbonyl (C=O) groups is 1. The molecule has 0 saturated heterocycles. The average molecular weight is 259 g/mol. The minimum absolute atomic E-state index is 0.0705. The lowest BCUT2D eigenvalue weighted by Gasteiger charge is -2.04. The van der Waals surface area contributed by atoms with Crippen LogP contribution in [0.3, 0.4) is 0 Å². The number of nitrogens with one attached hydrogen (secondary N) is 3. The summed E-state index contributed by atoms with van der Waals surface area (Å²) >= 11 is 0. The van der Waals surface area contributed by atoms with Gasteiger partial charge in [-0.25, -0.2) is 4.79 Å². The smallest absolute Gasteiger partial charge is 0.325 e. The molecule has 0 unspecified atom stereocenters. The van der Waals surface area contributed by atoms with Gasteiger partial charge in [0, 0.05) is 18.3 Å². The standard InChI is InChI=1S/C13H13N3O3/c17-11(14-7-9-4-2-1-3-5-9)6-10-8-15-13(19)16-12(10)18/h1-5,8H,6-7H2,(H,14,17)(H2,15,16,18,19). The molecule has 2 rings (SSSR count). The first-order valence-corrected chi connectivity index (χ1v) is 5.76. The summed E-state index contributed by atoms with van der Waals surface area (Å²) in [6.07, 6.45) is 1.18. The number of rotatable bonds is 4. The predicted octanol–water partition coefficient (Wildman–Crippen LogP) is -0.0779. The van der Waals surface area contributed by atoms with Crippen LogP contribution in [-0.2, 0) is 17.8 Å². The van der Waals surface area contributed by atoms with Gasteiger partial charge in [0.05, 0.1) is 6.42 Å². The third-order valence-electron chi connectivity index (χ3n) is 2.58. The van der Waals surface area contributed by atoms with Gasteiger partial charge in [-0.3, -0.25) is 14.6 Å². The van der Waals surface area contributed by atoms with E-state index < -0.39 is 11.2 Å². The Balaban J connectivity index is 1.95. The summed E-state index contributed by atoms with van der Waals surface area (Å²) in [6.45, 7) is 0.404. The van der Waals surface area contributed by atoms with E-state index >= 15 is 0 Å². The van der Waals surface area contributed by atoms with Gasteiger partial charge in [0.15, 0.2) is 0 Å². The molecule has 0 aliphatic rings. The van der Waals surface area contributed by atoms with Crippen LogP contribution in [0.2, 0.25) is 0 Å². The maximum atomic E-state index is 11.7. The van der Waals surface area contributed by atoms with Crippen LogP contribution in [0.4, 0.5) is 0 Å². The van der Waals surface area contributed by atoms with Gasteiger partial charge in [-0.05, 0) is 5.56 Å². The lowest BCUT2D eigenvalue weighted by molar-refractivity contribution is -0.120. The Morgan fingerprint density at radius 3 is 2.58 bits per heavy atom. The highest BCUT2D eigenvalue weighted by Gasteiger charge is 2.07. The number of carbonyl (C=O) groups excluding carboxylic acids is 1. The van der Waals surface area contributed by atoms with Gasteiger partial charge in [-0.2, -0.15) is 0 Å². The molecular formula is C13H13N3O3. The molecule has 19 heavy (non-hydrogen) atoms. The molecule has 1 heterocycles. The molecule has 1 amide bonds. The largest absolute Gasteiger partial charge is 0.352 e. The summed E-state index contributed by atoms with van der Waals surface area (Å²) in [6, 6.07) is 9.45. The Hall–Kier alpha value is -2.63. The van der Waals surface area contributed by atoms with Crippen molar-refractivity contribution in [2.75, 3.05) is 0 Å². The van der Waals surface area contributed by atoms with Crippen molar-refractivity contribution < 1.29 is 4.79 Å². The van der Waals surface area contributed by atoms with Crippen LogP contribution in [0.15, 0.2) is 46.1 Å². The van der Waals surface area contributed by atoms with Gasteiger partial charge >= 0.3 is 5.69 Å². The summed E-state index contributed by atoms with van der Waals surface area (Å²) in [5.41, 5.74) is 0.0773. The lowest BCUT2D eigenvalue weighted by Crippen LogP contribution is -2.30. The number of hydrogen-bond acceptors (Lipinski definition) is 3. The summed E-state index contributed by atoms with van der Waals surface area (Å²) in [7, 11) is 0. The van der Waals surface area contributed by atoms with Gasteiger partial charge in [0.2, 0.25) is 5.91 Å². The van der Waals surface area contributed by atoms with E-state index in [1.165, 1.54) is 6.20 Å². The van der Waals surface area contributed by atoms with Crippen molar-refractivity contribution in [3.63, 3.8) is 0 Å². The van der Waals surface area contributed by atoms with Crippen molar-refractivity contribution in [1.29, 1.82) is 0 Å². The van der Waals surface area contributed by atoms with Crippen molar-refractivity contribution in [2.45, 2.75) is 13.0 Å². The summed E-state index contributed by atoms with van der Waals surface area (Å²) in [4.78, 5) is 38.3. The first kappa shape index (κ1) is 12.8. The van der Waals surface area contributed by atoms with Crippen molar-refractivity contribution >= 4 is 5.91 Å². The van der Waals surface area contributed by atoms with Crippen LogP contribution in [0.1, 0.15) is 11.1 Å². The fourth-order valence-electron chi connectivity index (χ4n) is 1.60. The highest BCUT2D eigenvalue weighted by Crippen LogP contribution is 1.97. The molecule has 98 valence electrons. The second-order valence-electron chi connectivity index (χ2n) is 4.04. The Kier molecular flexibility index (Phi) is 3.92. The van der Waals surface area contributed by atoms with E-state index in [0.29, 0.717) is 6.54 Å². The van der Waals surface area contributed by atoms with Crippen LogP contribution < -0.4 is 16.6 Å². The fourth-order valence-corrected chi connectivity index (χ4v) is 1.60. The maximum Gasteiger partial charge on any atom is 0.325 e. The second-order valence-corrected chi connectivity index (χ2v) is 4.04. The SMILES string of the molecule is O=C(Cc1c[nH]c(=O)[nH]c1=O)NCc1ccccc1. The van der Waals surface area contributed by atoms with Crippen molar-refractivity contribution in [3.8, 4) is 0 Å². The Morgan fingerprint density at radius 1 is 1.16 bits per heavy atom. The van der Waals surface area contributed by atoms with Gasteiger partial charge in [-0.1, -0.05) is 30.3 Å². The van der Waals surface area contributed by atoms with Crippen LogP contribution in [0.25, 0.3) is 0 Å². The van der Waals surface area contributed by atoms with Crippen molar-refractivity contribution in [3.05, 3.63) is 68.5 Å². The first-order chi connectivity index (χ1) is 9.15. The predicted molar refractivity (Wildman–Crippen MR) is 69.7 cm³/mol. The fraction of sp³-hybridized carbons (Fsp3) is 0.154. The van der Waals surface area contributed by atoms with E-state index in [9.17, 15) is 14.4 Å². The number of aromatic amines is 2. The molecule has 0 saturated carbocycles. The number of hydrogen-bond donors (Lipinski definition) is 3. The quantitative estimate of drug-likeness (QED) is 0.716. The summed E-state index contributed by atoms with van der Waals surface area (Å²) in [5, 5.41) is 2.71. The maximum absolute atomic E-state index is 11.7. The molecule has 0 atom stereocenters. The third-order valence-corrected chi connectivity index (χ3v) is 2.58. The van der Waals surface area contributed by atoms with Crippen LogP contribution in [0.5, 0.6) is 0 Å². The number of amides is 1. The molecule has 0 radical (unpaired) electrons. The normalized spacial score (nSPS) is 10.1. The zero-order chi connectivity index (χ0) is 13.7. The molecule has 3 N–H and O–H groups in total. The van der Waals surface area contributed by atoms with E-state index in [4.69, 9.17) is 0 Å². The molecule has 0 fully saturated rings. The van der Waals surface area contributed by atoms with E-state index in [2.05, 4.69) is 15.3 Å². The topological polar surface area (TPSA) is 94.8 Å². The average Bonchev–Trinajstić information content (AvgIpc) is 2.41. The highest BCUT2D eigenvalue weighted by molar-refractivity contribution is 5.78. The third kappa shape index (κ3) is 3.67. The molecule has 1 aromatic carbocycles. The molecule has 1 aromatic heterocycles. The second kappa shape index (κ2) is 5.81. The summed E-state index contributed by atoms with van der Waals surface area (Å²) in [5.74, 6) is -0.276. The lowest BCUT2D eigenvalue weighted by atomic mass is 10.2. The minimum Gasteiger partial charge on any atom is -0.352 e. The summed E-state index contributed by atoms with van der Waals surface area (Å²) < 4.78 is 0.